The Morgan fingerprint density at radius 1 is 0.568 bits per heavy atom. The maximum atomic E-state index is 4.00. The van der Waals surface area contributed by atoms with Crippen molar-refractivity contribution in [2.75, 3.05) is 5.32 Å². The van der Waals surface area contributed by atoms with Crippen molar-refractivity contribution in [2.45, 2.75) is 96.9 Å². The third kappa shape index (κ3) is 4.04. The van der Waals surface area contributed by atoms with Gasteiger partial charge in [-0.3, -0.25) is 0 Å². The lowest BCUT2D eigenvalue weighted by atomic mass is 9.77. The maximum Gasteiger partial charge on any atom is 0.0620 e. The Labute approximate surface area is 264 Å². The first kappa shape index (κ1) is 28.9. The van der Waals surface area contributed by atoms with E-state index in [2.05, 4.69) is 159 Å². The molecule has 0 saturated heterocycles. The highest BCUT2D eigenvalue weighted by Crippen LogP contribution is 2.57. The Kier molecular flexibility index (Phi) is 6.29. The maximum absolute atomic E-state index is 4.00. The van der Waals surface area contributed by atoms with Gasteiger partial charge in [0.05, 0.1) is 5.54 Å². The molecule has 0 fully saturated rings. The molecule has 5 aromatic carbocycles. The summed E-state index contributed by atoms with van der Waals surface area (Å²) in [6.45, 7) is 21.1. The normalized spacial score (nSPS) is 15.9. The molecule has 0 amide bonds. The summed E-state index contributed by atoms with van der Waals surface area (Å²) in [7, 11) is 0. The number of anilines is 1. The van der Waals surface area contributed by atoms with Gasteiger partial charge >= 0.3 is 0 Å². The van der Waals surface area contributed by atoms with Crippen LogP contribution in [0.2, 0.25) is 0 Å². The number of benzene rings is 5. The van der Waals surface area contributed by atoms with Gasteiger partial charge in [-0.25, -0.2) is 0 Å². The Hall–Kier alpha value is -3.84. The van der Waals surface area contributed by atoms with Crippen LogP contribution in [0.15, 0.2) is 91.0 Å². The Morgan fingerprint density at radius 3 is 1.84 bits per heavy atom. The molecule has 0 aromatic heterocycles. The van der Waals surface area contributed by atoms with Crippen LogP contribution in [0.1, 0.15) is 109 Å². The molecule has 0 radical (unpaired) electrons. The van der Waals surface area contributed by atoms with Gasteiger partial charge in [-0.15, -0.1) is 0 Å². The van der Waals surface area contributed by atoms with Gasteiger partial charge < -0.3 is 5.32 Å². The molecule has 1 N–H and O–H groups in total. The van der Waals surface area contributed by atoms with E-state index in [9.17, 15) is 0 Å². The summed E-state index contributed by atoms with van der Waals surface area (Å²) in [5, 5.41) is 6.69. The summed E-state index contributed by atoms with van der Waals surface area (Å²) in [4.78, 5) is 0. The number of hydrogen-bond donors (Lipinski definition) is 1. The summed E-state index contributed by atoms with van der Waals surface area (Å²) in [6, 6.07) is 35.1. The zero-order valence-electron chi connectivity index (χ0n) is 28.1. The third-order valence-electron chi connectivity index (χ3n) is 11.3. The van der Waals surface area contributed by atoms with Crippen molar-refractivity contribution in [1.82, 2.24) is 0 Å². The highest BCUT2D eigenvalue weighted by molar-refractivity contribution is 6.03. The van der Waals surface area contributed by atoms with E-state index in [4.69, 9.17) is 0 Å². The lowest BCUT2D eigenvalue weighted by Gasteiger charge is -2.36. The quantitative estimate of drug-likeness (QED) is 0.219. The topological polar surface area (TPSA) is 12.0 Å². The van der Waals surface area contributed by atoms with E-state index >= 15 is 0 Å². The van der Waals surface area contributed by atoms with Crippen LogP contribution in [0.5, 0.6) is 0 Å². The fraction of sp³-hybridized carbons (Fsp3) is 0.349. The van der Waals surface area contributed by atoms with Crippen LogP contribution in [0.3, 0.4) is 0 Å². The number of nitrogens with one attached hydrogen (secondary N) is 1. The molecule has 0 aliphatic heterocycles. The van der Waals surface area contributed by atoms with E-state index in [1.54, 1.807) is 0 Å². The molecule has 1 heteroatoms. The molecule has 0 unspecified atom stereocenters. The van der Waals surface area contributed by atoms with E-state index in [-0.39, 0.29) is 21.8 Å². The van der Waals surface area contributed by atoms with Crippen molar-refractivity contribution in [3.63, 3.8) is 0 Å². The van der Waals surface area contributed by atoms with Gasteiger partial charge in [0.1, 0.15) is 0 Å². The molecule has 2 aliphatic rings. The van der Waals surface area contributed by atoms with Gasteiger partial charge in [-0.1, -0.05) is 129 Å². The lowest BCUT2D eigenvalue weighted by molar-refractivity contribution is 0.453. The second-order valence-electron chi connectivity index (χ2n) is 15.4. The summed E-state index contributed by atoms with van der Waals surface area (Å²) in [5.74, 6) is 0. The van der Waals surface area contributed by atoms with Gasteiger partial charge in [-0.2, -0.15) is 0 Å². The van der Waals surface area contributed by atoms with E-state index in [1.165, 1.54) is 72.1 Å². The first-order valence-electron chi connectivity index (χ1n) is 16.6. The summed E-state index contributed by atoms with van der Waals surface area (Å²) in [6.07, 6.45) is 2.03. The molecule has 0 atom stereocenters. The van der Waals surface area contributed by atoms with Crippen LogP contribution in [0.25, 0.3) is 33.0 Å². The van der Waals surface area contributed by atoms with Crippen molar-refractivity contribution in [2.24, 2.45) is 0 Å². The predicted octanol–water partition coefficient (Wildman–Crippen LogP) is 11.9. The van der Waals surface area contributed by atoms with Gasteiger partial charge in [0.15, 0.2) is 0 Å². The largest absolute Gasteiger partial charge is 0.376 e. The van der Waals surface area contributed by atoms with Crippen molar-refractivity contribution in [3.05, 3.63) is 124 Å². The SMILES string of the molecule is CCC(CC)(Nc1ccc(C(C)(C)C)cc1)c1ccc2c(c1)C(C)(C)c1cc3c(cc1-2)C(C)(C)c1ccc2ccccc2c1-3. The van der Waals surface area contributed by atoms with Crippen molar-refractivity contribution in [1.29, 1.82) is 0 Å². The monoisotopic (exact) mass is 577 g/mol. The molecule has 5 aromatic rings. The molecule has 0 bridgehead atoms. The Morgan fingerprint density at radius 2 is 1.16 bits per heavy atom. The van der Waals surface area contributed by atoms with Crippen molar-refractivity contribution < 1.29 is 0 Å². The molecule has 2 aliphatic carbocycles. The smallest absolute Gasteiger partial charge is 0.0620 e. The van der Waals surface area contributed by atoms with Gasteiger partial charge in [0, 0.05) is 16.5 Å². The van der Waals surface area contributed by atoms with E-state index < -0.39 is 0 Å². The van der Waals surface area contributed by atoms with Crippen LogP contribution in [0.4, 0.5) is 5.69 Å². The molecule has 44 heavy (non-hydrogen) atoms. The molecule has 224 valence electrons. The highest BCUT2D eigenvalue weighted by atomic mass is 15.0. The number of hydrogen-bond acceptors (Lipinski definition) is 1. The zero-order valence-corrected chi connectivity index (χ0v) is 28.1. The fourth-order valence-corrected chi connectivity index (χ4v) is 8.27. The van der Waals surface area contributed by atoms with Crippen molar-refractivity contribution >= 4 is 16.5 Å². The minimum atomic E-state index is -0.134. The minimum Gasteiger partial charge on any atom is -0.376 e. The third-order valence-corrected chi connectivity index (χ3v) is 11.3. The van der Waals surface area contributed by atoms with E-state index in [0.29, 0.717) is 0 Å². The summed E-state index contributed by atoms with van der Waals surface area (Å²) in [5.41, 5.74) is 15.3. The average molecular weight is 578 g/mol. The molecular weight excluding hydrogens is 530 g/mol. The van der Waals surface area contributed by atoms with Crippen LogP contribution in [0, 0.1) is 0 Å². The minimum absolute atomic E-state index is 0.0391. The molecule has 1 nitrogen and oxygen atoms in total. The van der Waals surface area contributed by atoms with Gasteiger partial charge in [0.25, 0.3) is 0 Å². The Bertz CT molecular complexity index is 1920. The predicted molar refractivity (Wildman–Crippen MR) is 190 cm³/mol. The zero-order chi connectivity index (χ0) is 31.2. The summed E-state index contributed by atoms with van der Waals surface area (Å²) < 4.78 is 0. The molecule has 0 saturated carbocycles. The standard InChI is InChI=1S/C43H47N/c1-10-43(11-2,44-30-20-17-28(18-21-30)40(3,4)5)29-19-22-32-33-25-38-34(26-37(33)42(8,9)36(32)24-29)39-31-15-13-12-14-27(31)16-23-35(39)41(38,6)7/h12-26,44H,10-11H2,1-9H3. The van der Waals surface area contributed by atoms with Crippen LogP contribution < -0.4 is 5.32 Å². The van der Waals surface area contributed by atoms with Crippen molar-refractivity contribution in [3.8, 4) is 22.3 Å². The van der Waals surface area contributed by atoms with Gasteiger partial charge in [0.2, 0.25) is 0 Å². The fourth-order valence-electron chi connectivity index (χ4n) is 8.27. The Balaban J connectivity index is 1.33. The molecule has 7 rings (SSSR count). The van der Waals surface area contributed by atoms with Gasteiger partial charge in [-0.05, 0) is 109 Å². The highest BCUT2D eigenvalue weighted by Gasteiger charge is 2.43. The number of fused-ring (bicyclic) bond motifs is 8. The van der Waals surface area contributed by atoms with E-state index in [0.717, 1.165) is 12.8 Å². The van der Waals surface area contributed by atoms with Crippen LogP contribution in [-0.2, 0) is 21.8 Å². The first-order chi connectivity index (χ1) is 20.8. The second-order valence-corrected chi connectivity index (χ2v) is 15.4. The van der Waals surface area contributed by atoms with Crippen LogP contribution in [-0.4, -0.2) is 0 Å². The number of rotatable bonds is 5. The lowest BCUT2D eigenvalue weighted by Crippen LogP contribution is -2.34. The molecule has 0 spiro atoms. The first-order valence-corrected chi connectivity index (χ1v) is 16.6. The molecule has 0 heterocycles. The second kappa shape index (κ2) is 9.58. The molecular formula is C43H47N. The summed E-state index contributed by atoms with van der Waals surface area (Å²) >= 11 is 0. The average Bonchev–Trinajstić information content (AvgIpc) is 3.37. The van der Waals surface area contributed by atoms with E-state index in [1.807, 2.05) is 0 Å². The van der Waals surface area contributed by atoms with Crippen LogP contribution >= 0.6 is 0 Å².